The molecule has 0 saturated carbocycles. The van der Waals surface area contributed by atoms with Crippen molar-refractivity contribution in [2.24, 2.45) is 0 Å². The first-order valence-corrected chi connectivity index (χ1v) is 5.70. The summed E-state index contributed by atoms with van der Waals surface area (Å²) in [5, 5.41) is 0. The standard InChI is InChI=1S/C11H14OS/c1-2-9-3-5-11(6-4-9)13-8-10-7-12-10/h3-6,10H,2,7-8H2,1H3. The molecule has 1 aliphatic heterocycles. The molecule has 0 aliphatic carbocycles. The van der Waals surface area contributed by atoms with Gasteiger partial charge in [-0.05, 0) is 24.1 Å². The number of epoxide rings is 1. The van der Waals surface area contributed by atoms with Gasteiger partial charge in [0.2, 0.25) is 0 Å². The van der Waals surface area contributed by atoms with E-state index < -0.39 is 0 Å². The summed E-state index contributed by atoms with van der Waals surface area (Å²) in [6.45, 7) is 3.14. The molecule has 1 heterocycles. The highest BCUT2D eigenvalue weighted by molar-refractivity contribution is 7.99. The lowest BCUT2D eigenvalue weighted by molar-refractivity contribution is 0.426. The third kappa shape index (κ3) is 2.75. The zero-order valence-electron chi connectivity index (χ0n) is 7.82. The third-order valence-electron chi connectivity index (χ3n) is 2.17. The predicted molar refractivity (Wildman–Crippen MR) is 56.3 cm³/mol. The predicted octanol–water partition coefficient (Wildman–Crippen LogP) is 2.74. The van der Waals surface area contributed by atoms with Gasteiger partial charge in [-0.3, -0.25) is 0 Å². The Kier molecular flexibility index (Phi) is 2.91. The van der Waals surface area contributed by atoms with Crippen molar-refractivity contribution in [3.63, 3.8) is 0 Å². The Bertz CT molecular complexity index is 264. The van der Waals surface area contributed by atoms with E-state index in [4.69, 9.17) is 4.74 Å². The highest BCUT2D eigenvalue weighted by Crippen LogP contribution is 2.24. The van der Waals surface area contributed by atoms with Gasteiger partial charge in [0.25, 0.3) is 0 Å². The number of hydrogen-bond acceptors (Lipinski definition) is 2. The second kappa shape index (κ2) is 4.16. The molecular weight excluding hydrogens is 180 g/mol. The number of benzene rings is 1. The number of rotatable bonds is 4. The molecule has 2 rings (SSSR count). The van der Waals surface area contributed by atoms with Crippen molar-refractivity contribution >= 4 is 11.8 Å². The van der Waals surface area contributed by atoms with Crippen molar-refractivity contribution in [3.8, 4) is 0 Å². The summed E-state index contributed by atoms with van der Waals surface area (Å²) in [5.41, 5.74) is 1.41. The lowest BCUT2D eigenvalue weighted by Crippen LogP contribution is -1.88. The van der Waals surface area contributed by atoms with Gasteiger partial charge in [-0.25, -0.2) is 0 Å². The van der Waals surface area contributed by atoms with Crippen LogP contribution in [0.25, 0.3) is 0 Å². The maximum Gasteiger partial charge on any atom is 0.0903 e. The van der Waals surface area contributed by atoms with Crippen LogP contribution in [0.15, 0.2) is 29.2 Å². The maximum absolute atomic E-state index is 5.15. The summed E-state index contributed by atoms with van der Waals surface area (Å²) in [5.74, 6) is 1.10. The highest BCUT2D eigenvalue weighted by atomic mass is 32.2. The largest absolute Gasteiger partial charge is 0.372 e. The average Bonchev–Trinajstić information content (AvgIpc) is 2.99. The lowest BCUT2D eigenvalue weighted by atomic mass is 10.2. The zero-order valence-corrected chi connectivity index (χ0v) is 8.64. The SMILES string of the molecule is CCc1ccc(SCC2CO2)cc1. The summed E-state index contributed by atoms with van der Waals surface area (Å²) >= 11 is 1.89. The van der Waals surface area contributed by atoms with E-state index in [2.05, 4.69) is 31.2 Å². The average molecular weight is 194 g/mol. The Hall–Kier alpha value is -0.470. The van der Waals surface area contributed by atoms with Crippen LogP contribution in [0.1, 0.15) is 12.5 Å². The monoisotopic (exact) mass is 194 g/mol. The molecular formula is C11H14OS. The minimum absolute atomic E-state index is 0.524. The molecule has 1 atom stereocenters. The normalized spacial score (nSPS) is 20.2. The van der Waals surface area contributed by atoms with Crippen molar-refractivity contribution in [3.05, 3.63) is 29.8 Å². The first kappa shape index (κ1) is 9.10. The molecule has 13 heavy (non-hydrogen) atoms. The van der Waals surface area contributed by atoms with Gasteiger partial charge in [-0.1, -0.05) is 19.1 Å². The van der Waals surface area contributed by atoms with E-state index in [1.54, 1.807) is 0 Å². The summed E-state index contributed by atoms with van der Waals surface area (Å²) in [4.78, 5) is 1.35. The number of thioether (sulfide) groups is 1. The van der Waals surface area contributed by atoms with Gasteiger partial charge in [0.05, 0.1) is 12.7 Å². The Balaban J connectivity index is 1.88. The third-order valence-corrected chi connectivity index (χ3v) is 3.31. The number of aryl methyl sites for hydroxylation is 1. The van der Waals surface area contributed by atoms with Crippen LogP contribution < -0.4 is 0 Å². The zero-order chi connectivity index (χ0) is 9.10. The fraction of sp³-hybridized carbons (Fsp3) is 0.455. The van der Waals surface area contributed by atoms with Crippen molar-refractivity contribution in [2.45, 2.75) is 24.3 Å². The highest BCUT2D eigenvalue weighted by Gasteiger charge is 2.21. The topological polar surface area (TPSA) is 12.5 Å². The number of ether oxygens (including phenoxy) is 1. The fourth-order valence-corrected chi connectivity index (χ4v) is 2.07. The Morgan fingerprint density at radius 3 is 2.62 bits per heavy atom. The molecule has 0 bridgehead atoms. The van der Waals surface area contributed by atoms with Gasteiger partial charge in [-0.2, -0.15) is 0 Å². The first-order chi connectivity index (χ1) is 6.38. The van der Waals surface area contributed by atoms with E-state index in [0.717, 1.165) is 18.8 Å². The van der Waals surface area contributed by atoms with Crippen LogP contribution in [0.5, 0.6) is 0 Å². The summed E-state index contributed by atoms with van der Waals surface area (Å²) in [6, 6.07) is 8.81. The maximum atomic E-state index is 5.15. The van der Waals surface area contributed by atoms with Crippen molar-refractivity contribution < 1.29 is 4.74 Å². The van der Waals surface area contributed by atoms with Gasteiger partial charge in [-0.15, -0.1) is 11.8 Å². The van der Waals surface area contributed by atoms with E-state index >= 15 is 0 Å². The van der Waals surface area contributed by atoms with Crippen molar-refractivity contribution in [2.75, 3.05) is 12.4 Å². The van der Waals surface area contributed by atoms with Crippen molar-refractivity contribution in [1.82, 2.24) is 0 Å². The molecule has 0 radical (unpaired) electrons. The van der Waals surface area contributed by atoms with Crippen LogP contribution in [-0.2, 0) is 11.2 Å². The first-order valence-electron chi connectivity index (χ1n) is 4.72. The molecule has 1 saturated heterocycles. The second-order valence-electron chi connectivity index (χ2n) is 3.26. The van der Waals surface area contributed by atoms with Gasteiger partial charge in [0.1, 0.15) is 0 Å². The Morgan fingerprint density at radius 1 is 1.38 bits per heavy atom. The van der Waals surface area contributed by atoms with E-state index in [0.29, 0.717) is 6.10 Å². The van der Waals surface area contributed by atoms with Crippen LogP contribution >= 0.6 is 11.8 Å². The van der Waals surface area contributed by atoms with Crippen LogP contribution in [0.3, 0.4) is 0 Å². The quantitative estimate of drug-likeness (QED) is 0.540. The van der Waals surface area contributed by atoms with E-state index in [1.165, 1.54) is 10.5 Å². The fourth-order valence-electron chi connectivity index (χ4n) is 1.17. The van der Waals surface area contributed by atoms with Crippen molar-refractivity contribution in [1.29, 1.82) is 0 Å². The van der Waals surface area contributed by atoms with E-state index in [-0.39, 0.29) is 0 Å². The van der Waals surface area contributed by atoms with Gasteiger partial charge in [0, 0.05) is 10.6 Å². The van der Waals surface area contributed by atoms with Crippen LogP contribution in [-0.4, -0.2) is 18.5 Å². The smallest absolute Gasteiger partial charge is 0.0903 e. The van der Waals surface area contributed by atoms with Gasteiger partial charge >= 0.3 is 0 Å². The molecule has 1 aliphatic rings. The molecule has 1 aromatic carbocycles. The summed E-state index contributed by atoms with van der Waals surface area (Å²) < 4.78 is 5.15. The molecule has 1 unspecified atom stereocenters. The van der Waals surface area contributed by atoms with Gasteiger partial charge < -0.3 is 4.74 Å². The minimum Gasteiger partial charge on any atom is -0.372 e. The summed E-state index contributed by atoms with van der Waals surface area (Å²) in [7, 11) is 0. The molecule has 1 fully saturated rings. The molecule has 1 nitrogen and oxygen atoms in total. The van der Waals surface area contributed by atoms with Gasteiger partial charge in [0.15, 0.2) is 0 Å². The molecule has 0 spiro atoms. The molecule has 0 aromatic heterocycles. The van der Waals surface area contributed by atoms with Crippen LogP contribution in [0.2, 0.25) is 0 Å². The summed E-state index contributed by atoms with van der Waals surface area (Å²) in [6.07, 6.45) is 1.65. The Morgan fingerprint density at radius 2 is 2.08 bits per heavy atom. The molecule has 0 N–H and O–H groups in total. The van der Waals surface area contributed by atoms with Crippen LogP contribution in [0, 0.1) is 0 Å². The van der Waals surface area contributed by atoms with E-state index in [9.17, 15) is 0 Å². The van der Waals surface area contributed by atoms with Crippen LogP contribution in [0.4, 0.5) is 0 Å². The van der Waals surface area contributed by atoms with E-state index in [1.807, 2.05) is 11.8 Å². The molecule has 1 aromatic rings. The number of hydrogen-bond donors (Lipinski definition) is 0. The minimum atomic E-state index is 0.524. The lowest BCUT2D eigenvalue weighted by Gasteiger charge is -2.00. The molecule has 0 amide bonds. The second-order valence-corrected chi connectivity index (χ2v) is 4.36. The molecule has 2 heteroatoms. The molecule has 70 valence electrons. The Labute approximate surface area is 83.5 Å².